The third-order valence-corrected chi connectivity index (χ3v) is 3.95. The van der Waals surface area contributed by atoms with Crippen LogP contribution in [-0.4, -0.2) is 16.1 Å². The van der Waals surface area contributed by atoms with Crippen molar-refractivity contribution in [3.63, 3.8) is 0 Å². The molecule has 0 bridgehead atoms. The second-order valence-corrected chi connectivity index (χ2v) is 5.94. The number of aliphatic hydroxyl groups is 1. The molecule has 2 rings (SSSR count). The average Bonchev–Trinajstić information content (AvgIpc) is 2.55. The van der Waals surface area contributed by atoms with Crippen molar-refractivity contribution in [2.75, 3.05) is 0 Å². The van der Waals surface area contributed by atoms with Crippen LogP contribution in [0.15, 0.2) is 48.5 Å². The fourth-order valence-corrected chi connectivity index (χ4v) is 2.65. The van der Waals surface area contributed by atoms with Gasteiger partial charge in [-0.1, -0.05) is 24.3 Å². The molecule has 0 heterocycles. The third kappa shape index (κ3) is 4.84. The Morgan fingerprint density at radius 2 is 1.83 bits per heavy atom. The van der Waals surface area contributed by atoms with Crippen LogP contribution in [0.5, 0.6) is 0 Å². The van der Waals surface area contributed by atoms with Crippen molar-refractivity contribution in [3.8, 4) is 0 Å². The maximum atomic E-state index is 12.9. The fourth-order valence-electron chi connectivity index (χ4n) is 2.65. The summed E-state index contributed by atoms with van der Waals surface area (Å²) in [6.07, 6.45) is -0.254. The van der Waals surface area contributed by atoms with E-state index >= 15 is 0 Å². The molecule has 0 aliphatic rings. The van der Waals surface area contributed by atoms with E-state index in [2.05, 4.69) is 5.32 Å². The summed E-state index contributed by atoms with van der Waals surface area (Å²) in [5, 5.41) is 24.4. The Kier molecular flexibility index (Phi) is 6.00. The number of non-ortho nitro benzene ring substituents is 1. The van der Waals surface area contributed by atoms with Gasteiger partial charge in [-0.05, 0) is 43.5 Å². The van der Waals surface area contributed by atoms with Gasteiger partial charge in [-0.2, -0.15) is 0 Å². The highest BCUT2D eigenvalue weighted by molar-refractivity contribution is 5.35. The van der Waals surface area contributed by atoms with E-state index in [-0.39, 0.29) is 23.6 Å². The number of nitrogens with zero attached hydrogens (tertiary/aromatic N) is 1. The lowest BCUT2D eigenvalue weighted by atomic mass is 10.0. The lowest BCUT2D eigenvalue weighted by molar-refractivity contribution is -0.384. The summed E-state index contributed by atoms with van der Waals surface area (Å²) < 4.78 is 12.9. The molecule has 0 aliphatic carbocycles. The molecule has 0 fully saturated rings. The van der Waals surface area contributed by atoms with Crippen molar-refractivity contribution in [2.45, 2.75) is 38.5 Å². The maximum Gasteiger partial charge on any atom is 0.269 e. The van der Waals surface area contributed by atoms with Gasteiger partial charge in [-0.3, -0.25) is 10.1 Å². The minimum Gasteiger partial charge on any atom is -0.388 e. The molecule has 6 heteroatoms. The Bertz CT molecular complexity index is 691. The molecule has 0 aliphatic heterocycles. The topological polar surface area (TPSA) is 75.4 Å². The van der Waals surface area contributed by atoms with Gasteiger partial charge in [0.25, 0.3) is 5.69 Å². The Morgan fingerprint density at radius 1 is 1.17 bits per heavy atom. The highest BCUT2D eigenvalue weighted by Crippen LogP contribution is 2.22. The van der Waals surface area contributed by atoms with E-state index in [9.17, 15) is 19.6 Å². The number of nitrogens with one attached hydrogen (secondary N) is 1. The van der Waals surface area contributed by atoms with E-state index in [4.69, 9.17) is 0 Å². The normalized spacial score (nSPS) is 14.8. The third-order valence-electron chi connectivity index (χ3n) is 3.95. The van der Waals surface area contributed by atoms with E-state index in [0.29, 0.717) is 12.0 Å². The van der Waals surface area contributed by atoms with Gasteiger partial charge in [0.1, 0.15) is 5.82 Å². The Morgan fingerprint density at radius 3 is 2.46 bits per heavy atom. The van der Waals surface area contributed by atoms with Crippen LogP contribution in [0.1, 0.15) is 43.5 Å². The summed E-state index contributed by atoms with van der Waals surface area (Å²) in [5.74, 6) is -0.337. The van der Waals surface area contributed by atoms with E-state index in [1.54, 1.807) is 24.3 Å². The smallest absolute Gasteiger partial charge is 0.269 e. The first-order valence-corrected chi connectivity index (χ1v) is 7.80. The van der Waals surface area contributed by atoms with Gasteiger partial charge >= 0.3 is 0 Å². The maximum absolute atomic E-state index is 12.9. The van der Waals surface area contributed by atoms with Crippen LogP contribution in [0.25, 0.3) is 0 Å². The second-order valence-electron chi connectivity index (χ2n) is 5.94. The molecule has 2 aromatic carbocycles. The van der Waals surface area contributed by atoms with Crippen LogP contribution >= 0.6 is 0 Å². The van der Waals surface area contributed by atoms with E-state index < -0.39 is 11.0 Å². The summed E-state index contributed by atoms with van der Waals surface area (Å²) in [6, 6.07) is 12.1. The quantitative estimate of drug-likeness (QED) is 0.596. The monoisotopic (exact) mass is 332 g/mol. The first-order valence-electron chi connectivity index (χ1n) is 7.80. The molecule has 0 amide bonds. The molecule has 0 radical (unpaired) electrons. The zero-order chi connectivity index (χ0) is 17.7. The summed E-state index contributed by atoms with van der Waals surface area (Å²) >= 11 is 0. The predicted octanol–water partition coefficient (Wildman–Crippen LogP) is 3.90. The molecule has 3 atom stereocenters. The van der Waals surface area contributed by atoms with Crippen molar-refractivity contribution >= 4 is 5.69 Å². The number of halogens is 1. The van der Waals surface area contributed by atoms with Crippen LogP contribution in [0.4, 0.5) is 10.1 Å². The molecule has 0 saturated carbocycles. The SMILES string of the molecule is CC(CC(O)c1ccc(F)cc1)NC(C)c1cccc([N+](=O)[O-])c1. The summed E-state index contributed by atoms with van der Waals surface area (Å²) in [4.78, 5) is 10.4. The van der Waals surface area contributed by atoms with Gasteiger partial charge in [0.2, 0.25) is 0 Å². The van der Waals surface area contributed by atoms with E-state index in [1.807, 2.05) is 19.9 Å². The van der Waals surface area contributed by atoms with E-state index in [0.717, 1.165) is 5.56 Å². The molecule has 5 nitrogen and oxygen atoms in total. The molecular weight excluding hydrogens is 311 g/mol. The number of benzene rings is 2. The highest BCUT2D eigenvalue weighted by Gasteiger charge is 2.16. The molecular formula is C18H21FN2O3. The largest absolute Gasteiger partial charge is 0.388 e. The number of nitro groups is 1. The number of aliphatic hydroxyl groups excluding tert-OH is 1. The predicted molar refractivity (Wildman–Crippen MR) is 90.1 cm³/mol. The van der Waals surface area contributed by atoms with Crippen LogP contribution in [0.2, 0.25) is 0 Å². The van der Waals surface area contributed by atoms with Crippen molar-refractivity contribution in [1.82, 2.24) is 5.32 Å². The highest BCUT2D eigenvalue weighted by atomic mass is 19.1. The fraction of sp³-hybridized carbons (Fsp3) is 0.333. The Balaban J connectivity index is 1.96. The lowest BCUT2D eigenvalue weighted by Gasteiger charge is -2.22. The number of hydrogen-bond acceptors (Lipinski definition) is 4. The first kappa shape index (κ1) is 18.0. The molecule has 0 spiro atoms. The molecule has 3 unspecified atom stereocenters. The van der Waals surface area contributed by atoms with Gasteiger partial charge in [0.05, 0.1) is 11.0 Å². The molecule has 24 heavy (non-hydrogen) atoms. The van der Waals surface area contributed by atoms with E-state index in [1.165, 1.54) is 18.2 Å². The summed E-state index contributed by atoms with van der Waals surface area (Å²) in [5.41, 5.74) is 1.53. The first-order chi connectivity index (χ1) is 11.4. The summed E-state index contributed by atoms with van der Waals surface area (Å²) in [6.45, 7) is 3.85. The van der Waals surface area contributed by atoms with Gasteiger partial charge < -0.3 is 10.4 Å². The zero-order valence-electron chi connectivity index (χ0n) is 13.6. The number of hydrogen-bond donors (Lipinski definition) is 2. The van der Waals surface area contributed by atoms with Crippen LogP contribution in [-0.2, 0) is 0 Å². The Labute approximate surface area is 140 Å². The lowest BCUT2D eigenvalue weighted by Crippen LogP contribution is -2.30. The molecule has 0 saturated heterocycles. The van der Waals surface area contributed by atoms with Crippen molar-refractivity contribution in [2.24, 2.45) is 0 Å². The number of nitro benzene ring substituents is 1. The molecule has 0 aromatic heterocycles. The van der Waals surface area contributed by atoms with Crippen LogP contribution in [0, 0.1) is 15.9 Å². The molecule has 2 aromatic rings. The standard InChI is InChI=1S/C18H21FN2O3/c1-12(10-18(22)14-6-8-16(19)9-7-14)20-13(2)15-4-3-5-17(11-15)21(23)24/h3-9,11-13,18,20,22H,10H2,1-2H3. The van der Waals surface area contributed by atoms with Crippen molar-refractivity contribution in [1.29, 1.82) is 0 Å². The van der Waals surface area contributed by atoms with Crippen molar-refractivity contribution in [3.05, 3.63) is 75.6 Å². The Hall–Kier alpha value is -2.31. The minimum absolute atomic E-state index is 0.0284. The van der Waals surface area contributed by atoms with Crippen molar-refractivity contribution < 1.29 is 14.4 Å². The van der Waals surface area contributed by atoms with Gasteiger partial charge in [0, 0.05) is 24.2 Å². The zero-order valence-corrected chi connectivity index (χ0v) is 13.6. The van der Waals surface area contributed by atoms with Gasteiger partial charge in [0.15, 0.2) is 0 Å². The molecule has 2 N–H and O–H groups in total. The van der Waals surface area contributed by atoms with Gasteiger partial charge in [-0.15, -0.1) is 0 Å². The molecule has 128 valence electrons. The van der Waals surface area contributed by atoms with Crippen LogP contribution in [0.3, 0.4) is 0 Å². The summed E-state index contributed by atoms with van der Waals surface area (Å²) in [7, 11) is 0. The number of rotatable bonds is 7. The second kappa shape index (κ2) is 7.99. The average molecular weight is 332 g/mol. The minimum atomic E-state index is -0.703. The van der Waals surface area contributed by atoms with Gasteiger partial charge in [-0.25, -0.2) is 4.39 Å². The van der Waals surface area contributed by atoms with Crippen LogP contribution < -0.4 is 5.32 Å².